The topological polar surface area (TPSA) is 3.24 Å². The van der Waals surface area contributed by atoms with Gasteiger partial charge in [-0.25, -0.2) is 0 Å². The van der Waals surface area contributed by atoms with E-state index in [1.165, 1.54) is 37.8 Å². The van der Waals surface area contributed by atoms with E-state index in [4.69, 9.17) is 11.6 Å². The molecule has 0 aromatic rings. The molecule has 0 aliphatic carbocycles. The SMILES string of the molecule is CC(=CCl)CN1CCCC1CCCBr. The number of nitrogens with zero attached hydrogens (tertiary/aromatic N) is 1. The van der Waals surface area contributed by atoms with Crippen molar-refractivity contribution in [2.45, 2.75) is 38.6 Å². The zero-order valence-electron chi connectivity index (χ0n) is 8.81. The Labute approximate surface area is 101 Å². The van der Waals surface area contributed by atoms with Crippen molar-refractivity contribution in [3.8, 4) is 0 Å². The van der Waals surface area contributed by atoms with E-state index in [0.717, 1.165) is 17.9 Å². The maximum Gasteiger partial charge on any atom is 0.0204 e. The number of rotatable bonds is 5. The van der Waals surface area contributed by atoms with Crippen molar-refractivity contribution in [3.05, 3.63) is 11.1 Å². The van der Waals surface area contributed by atoms with Crippen molar-refractivity contribution < 1.29 is 0 Å². The molecule has 1 nitrogen and oxygen atoms in total. The number of alkyl halides is 1. The molecule has 0 aromatic heterocycles. The molecule has 0 saturated carbocycles. The molecular formula is C11H19BrClN. The van der Waals surface area contributed by atoms with Gasteiger partial charge in [-0.2, -0.15) is 0 Å². The van der Waals surface area contributed by atoms with Crippen molar-refractivity contribution in [1.29, 1.82) is 0 Å². The maximum atomic E-state index is 5.69. The van der Waals surface area contributed by atoms with Crippen LogP contribution in [0.1, 0.15) is 32.6 Å². The number of hydrogen-bond acceptors (Lipinski definition) is 1. The van der Waals surface area contributed by atoms with Crippen molar-refractivity contribution in [2.24, 2.45) is 0 Å². The van der Waals surface area contributed by atoms with Gasteiger partial charge < -0.3 is 0 Å². The van der Waals surface area contributed by atoms with Crippen LogP contribution < -0.4 is 0 Å². The average Bonchev–Trinajstić information content (AvgIpc) is 2.62. The summed E-state index contributed by atoms with van der Waals surface area (Å²) in [4.78, 5) is 2.57. The molecule has 1 atom stereocenters. The van der Waals surface area contributed by atoms with E-state index in [9.17, 15) is 0 Å². The zero-order chi connectivity index (χ0) is 10.4. The van der Waals surface area contributed by atoms with Gasteiger partial charge >= 0.3 is 0 Å². The summed E-state index contributed by atoms with van der Waals surface area (Å²) < 4.78 is 0. The standard InChI is InChI=1S/C11H19BrClN/c1-10(8-13)9-14-7-3-5-11(14)4-2-6-12/h8,11H,2-7,9H2,1H3. The zero-order valence-corrected chi connectivity index (χ0v) is 11.1. The molecule has 0 radical (unpaired) electrons. The Kier molecular flexibility index (Phi) is 6.15. The summed E-state index contributed by atoms with van der Waals surface area (Å²) in [6, 6.07) is 0.791. The lowest BCUT2D eigenvalue weighted by Crippen LogP contribution is -2.30. The van der Waals surface area contributed by atoms with Crippen LogP contribution >= 0.6 is 27.5 Å². The van der Waals surface area contributed by atoms with Crippen LogP contribution in [0.2, 0.25) is 0 Å². The quantitative estimate of drug-likeness (QED) is 0.693. The Morgan fingerprint density at radius 2 is 2.43 bits per heavy atom. The van der Waals surface area contributed by atoms with E-state index in [1.54, 1.807) is 5.54 Å². The minimum atomic E-state index is 0.791. The van der Waals surface area contributed by atoms with Gasteiger partial charge in [0.25, 0.3) is 0 Å². The third kappa shape index (κ3) is 3.92. The third-order valence-corrected chi connectivity index (χ3v) is 3.74. The first kappa shape index (κ1) is 12.5. The molecule has 0 amide bonds. The van der Waals surface area contributed by atoms with Gasteiger partial charge in [-0.15, -0.1) is 0 Å². The summed E-state index contributed by atoms with van der Waals surface area (Å²) >= 11 is 9.18. The fraction of sp³-hybridized carbons (Fsp3) is 0.818. The highest BCUT2D eigenvalue weighted by Gasteiger charge is 2.23. The average molecular weight is 281 g/mol. The van der Waals surface area contributed by atoms with Gasteiger partial charge in [-0.05, 0) is 44.7 Å². The molecule has 1 heterocycles. The van der Waals surface area contributed by atoms with Crippen LogP contribution in [0.5, 0.6) is 0 Å². The molecule has 1 saturated heterocycles. The largest absolute Gasteiger partial charge is 0.296 e. The molecule has 0 aromatic carbocycles. The summed E-state index contributed by atoms with van der Waals surface area (Å²) in [6.45, 7) is 4.40. The highest BCUT2D eigenvalue weighted by Crippen LogP contribution is 2.22. The van der Waals surface area contributed by atoms with Crippen LogP contribution in [0.3, 0.4) is 0 Å². The second-order valence-electron chi connectivity index (χ2n) is 4.05. The highest BCUT2D eigenvalue weighted by atomic mass is 79.9. The number of halogens is 2. The minimum Gasteiger partial charge on any atom is -0.296 e. The number of likely N-dealkylation sites (tertiary alicyclic amines) is 1. The van der Waals surface area contributed by atoms with Crippen LogP contribution in [0.4, 0.5) is 0 Å². The molecule has 3 heteroatoms. The van der Waals surface area contributed by atoms with E-state index in [0.29, 0.717) is 0 Å². The summed E-state index contributed by atoms with van der Waals surface area (Å²) in [5, 5.41) is 1.13. The van der Waals surface area contributed by atoms with Crippen LogP contribution in [-0.2, 0) is 0 Å². The van der Waals surface area contributed by atoms with Crippen LogP contribution in [-0.4, -0.2) is 29.4 Å². The second kappa shape index (κ2) is 6.86. The van der Waals surface area contributed by atoms with Crippen molar-refractivity contribution >= 4 is 27.5 Å². The lowest BCUT2D eigenvalue weighted by Gasteiger charge is -2.24. The van der Waals surface area contributed by atoms with Crippen LogP contribution in [0.15, 0.2) is 11.1 Å². The lowest BCUT2D eigenvalue weighted by atomic mass is 10.1. The molecule has 1 rings (SSSR count). The lowest BCUT2D eigenvalue weighted by molar-refractivity contribution is 0.262. The molecule has 14 heavy (non-hydrogen) atoms. The van der Waals surface area contributed by atoms with Crippen LogP contribution in [0, 0.1) is 0 Å². The van der Waals surface area contributed by atoms with E-state index in [2.05, 4.69) is 27.8 Å². The third-order valence-electron chi connectivity index (χ3n) is 2.81. The predicted molar refractivity (Wildman–Crippen MR) is 67.2 cm³/mol. The van der Waals surface area contributed by atoms with Gasteiger partial charge in [0, 0.05) is 23.5 Å². The molecule has 0 bridgehead atoms. The number of hydrogen-bond donors (Lipinski definition) is 0. The minimum absolute atomic E-state index is 0.791. The van der Waals surface area contributed by atoms with Gasteiger partial charge in [-0.1, -0.05) is 27.5 Å². The van der Waals surface area contributed by atoms with E-state index in [-0.39, 0.29) is 0 Å². The van der Waals surface area contributed by atoms with Gasteiger partial charge in [0.1, 0.15) is 0 Å². The van der Waals surface area contributed by atoms with Crippen molar-refractivity contribution in [2.75, 3.05) is 18.4 Å². The Bertz CT molecular complexity index is 194. The molecule has 1 aliphatic rings. The Morgan fingerprint density at radius 1 is 1.64 bits per heavy atom. The van der Waals surface area contributed by atoms with Gasteiger partial charge in [0.15, 0.2) is 0 Å². The normalized spacial score (nSPS) is 24.5. The fourth-order valence-corrected chi connectivity index (χ4v) is 2.49. The Hall–Kier alpha value is 0.470. The van der Waals surface area contributed by atoms with Gasteiger partial charge in [0.2, 0.25) is 0 Å². The summed E-state index contributed by atoms with van der Waals surface area (Å²) in [6.07, 6.45) is 5.32. The molecule has 1 aliphatic heterocycles. The summed E-state index contributed by atoms with van der Waals surface area (Å²) in [7, 11) is 0. The Morgan fingerprint density at radius 3 is 3.07 bits per heavy atom. The second-order valence-corrected chi connectivity index (χ2v) is 5.06. The molecule has 1 unspecified atom stereocenters. The van der Waals surface area contributed by atoms with E-state index < -0.39 is 0 Å². The molecule has 0 N–H and O–H groups in total. The van der Waals surface area contributed by atoms with Crippen LogP contribution in [0.25, 0.3) is 0 Å². The van der Waals surface area contributed by atoms with Crippen molar-refractivity contribution in [3.63, 3.8) is 0 Å². The van der Waals surface area contributed by atoms with Gasteiger partial charge in [0.05, 0.1) is 0 Å². The van der Waals surface area contributed by atoms with Crippen molar-refractivity contribution in [1.82, 2.24) is 4.90 Å². The smallest absolute Gasteiger partial charge is 0.0204 e. The summed E-state index contributed by atoms with van der Waals surface area (Å²) in [5.41, 5.74) is 2.98. The maximum absolute atomic E-state index is 5.69. The highest BCUT2D eigenvalue weighted by molar-refractivity contribution is 9.09. The Balaban J connectivity index is 2.35. The summed E-state index contributed by atoms with van der Waals surface area (Å²) in [5.74, 6) is 0. The molecule has 82 valence electrons. The molecule has 0 spiro atoms. The fourth-order valence-electron chi connectivity index (χ4n) is 2.10. The molecule has 1 fully saturated rings. The first-order chi connectivity index (χ1) is 6.77. The first-order valence-electron chi connectivity index (χ1n) is 5.33. The van der Waals surface area contributed by atoms with E-state index in [1.807, 2.05) is 0 Å². The molecular weight excluding hydrogens is 261 g/mol. The monoisotopic (exact) mass is 279 g/mol. The van der Waals surface area contributed by atoms with Gasteiger partial charge in [-0.3, -0.25) is 4.90 Å². The predicted octanol–water partition coefficient (Wildman–Crippen LogP) is 3.77. The van der Waals surface area contributed by atoms with E-state index >= 15 is 0 Å². The first-order valence-corrected chi connectivity index (χ1v) is 6.89.